The van der Waals surface area contributed by atoms with Crippen molar-refractivity contribution < 1.29 is 18.0 Å². The Labute approximate surface area is 140 Å². The molecule has 7 heteroatoms. The van der Waals surface area contributed by atoms with E-state index in [1.54, 1.807) is 19.1 Å². The predicted molar refractivity (Wildman–Crippen MR) is 85.2 cm³/mol. The average Bonchev–Trinajstić information content (AvgIpc) is 2.73. The lowest BCUT2D eigenvalue weighted by Crippen LogP contribution is -2.30. The van der Waals surface area contributed by atoms with Gasteiger partial charge in [-0.3, -0.25) is 14.5 Å². The minimum absolute atomic E-state index is 0.0215. The molecule has 0 spiro atoms. The van der Waals surface area contributed by atoms with Crippen LogP contribution in [-0.2, 0) is 25.2 Å². The Hall–Kier alpha value is -1.40. The van der Waals surface area contributed by atoms with E-state index in [1.807, 2.05) is 0 Å². The van der Waals surface area contributed by atoms with Crippen molar-refractivity contribution in [3.63, 3.8) is 0 Å². The number of nitrogens with zero attached hydrogens (tertiary/aromatic N) is 1. The monoisotopic (exact) mass is 355 g/mol. The molecule has 2 fully saturated rings. The van der Waals surface area contributed by atoms with Crippen molar-refractivity contribution in [1.82, 2.24) is 4.90 Å². The number of likely N-dealkylation sites (tertiary alicyclic amines) is 1. The van der Waals surface area contributed by atoms with Gasteiger partial charge in [-0.05, 0) is 37.0 Å². The molecule has 124 valence electrons. The lowest BCUT2D eigenvalue weighted by atomic mass is 9.81. The predicted octanol–water partition coefficient (Wildman–Crippen LogP) is 2.60. The van der Waals surface area contributed by atoms with Gasteiger partial charge in [0.25, 0.3) is 9.05 Å². The van der Waals surface area contributed by atoms with Crippen molar-refractivity contribution in [3.8, 4) is 0 Å². The summed E-state index contributed by atoms with van der Waals surface area (Å²) in [5, 5.41) is 0. The molecule has 1 aromatic rings. The first-order chi connectivity index (χ1) is 10.8. The topological polar surface area (TPSA) is 71.5 Å². The average molecular weight is 356 g/mol. The highest BCUT2D eigenvalue weighted by atomic mass is 35.7. The third kappa shape index (κ3) is 3.02. The highest BCUT2D eigenvalue weighted by Gasteiger charge is 2.47. The number of aryl methyl sites for hydroxylation is 1. The molecular formula is C16H18ClNO4S. The zero-order valence-corrected chi connectivity index (χ0v) is 14.4. The molecule has 2 amide bonds. The molecule has 1 saturated heterocycles. The third-order valence-corrected chi connectivity index (χ3v) is 6.25. The zero-order valence-electron chi connectivity index (χ0n) is 12.8. The maximum absolute atomic E-state index is 12.5. The Bertz CT molecular complexity index is 750. The first kappa shape index (κ1) is 16.5. The van der Waals surface area contributed by atoms with Gasteiger partial charge >= 0.3 is 0 Å². The van der Waals surface area contributed by atoms with E-state index < -0.39 is 9.05 Å². The van der Waals surface area contributed by atoms with E-state index in [-0.39, 0.29) is 35.1 Å². The van der Waals surface area contributed by atoms with Crippen LogP contribution in [0.5, 0.6) is 0 Å². The van der Waals surface area contributed by atoms with Crippen LogP contribution in [0.2, 0.25) is 0 Å². The number of imide groups is 1. The van der Waals surface area contributed by atoms with E-state index in [1.165, 1.54) is 11.0 Å². The maximum Gasteiger partial charge on any atom is 0.261 e. The number of hydrogen-bond acceptors (Lipinski definition) is 4. The summed E-state index contributed by atoms with van der Waals surface area (Å²) >= 11 is 0. The molecular weight excluding hydrogens is 338 g/mol. The van der Waals surface area contributed by atoms with Crippen LogP contribution >= 0.6 is 10.7 Å². The summed E-state index contributed by atoms with van der Waals surface area (Å²) in [5.41, 5.74) is 1.13. The molecule has 0 bridgehead atoms. The minimum atomic E-state index is -3.85. The molecule has 1 saturated carbocycles. The first-order valence-electron chi connectivity index (χ1n) is 7.68. The molecule has 1 aliphatic carbocycles. The lowest BCUT2D eigenvalue weighted by Gasteiger charge is -2.19. The normalized spacial score (nSPS) is 24.9. The van der Waals surface area contributed by atoms with Crippen LogP contribution in [0.1, 0.15) is 36.8 Å². The first-order valence-corrected chi connectivity index (χ1v) is 9.99. The van der Waals surface area contributed by atoms with Gasteiger partial charge in [0.1, 0.15) is 0 Å². The van der Waals surface area contributed by atoms with Crippen LogP contribution in [-0.4, -0.2) is 25.1 Å². The van der Waals surface area contributed by atoms with E-state index in [0.717, 1.165) is 25.7 Å². The smallest absolute Gasteiger partial charge is 0.261 e. The van der Waals surface area contributed by atoms with Gasteiger partial charge in [0, 0.05) is 10.7 Å². The van der Waals surface area contributed by atoms with Crippen LogP contribution in [0.4, 0.5) is 0 Å². The van der Waals surface area contributed by atoms with Crippen LogP contribution in [0.3, 0.4) is 0 Å². The van der Waals surface area contributed by atoms with Crippen LogP contribution in [0.25, 0.3) is 0 Å². The van der Waals surface area contributed by atoms with Gasteiger partial charge in [0.05, 0.1) is 23.3 Å². The molecule has 1 aromatic carbocycles. The standard InChI is InChI=1S/C16H18ClNO4S/c1-10-6-7-11(8-14(10)23(17,21)22)9-18-15(19)12-4-2-3-5-13(12)16(18)20/h6-8,12-13H,2-5,9H2,1H3/t12-,13-/m1/s1. The molecule has 2 atom stereocenters. The summed E-state index contributed by atoms with van der Waals surface area (Å²) in [5.74, 6) is -0.651. The number of amides is 2. The molecule has 0 unspecified atom stereocenters. The molecule has 0 aromatic heterocycles. The number of fused-ring (bicyclic) bond motifs is 1. The van der Waals surface area contributed by atoms with Gasteiger partial charge in [-0.1, -0.05) is 25.0 Å². The molecule has 1 heterocycles. The number of carbonyl (C=O) groups is 2. The number of hydrogen-bond donors (Lipinski definition) is 0. The van der Waals surface area contributed by atoms with Gasteiger partial charge in [0.15, 0.2) is 0 Å². The molecule has 5 nitrogen and oxygen atoms in total. The Morgan fingerprint density at radius 3 is 2.22 bits per heavy atom. The molecule has 0 N–H and O–H groups in total. The van der Waals surface area contributed by atoms with E-state index in [9.17, 15) is 18.0 Å². The van der Waals surface area contributed by atoms with Crippen molar-refractivity contribution >= 4 is 31.5 Å². The summed E-state index contributed by atoms with van der Waals surface area (Å²) in [6.07, 6.45) is 3.49. The van der Waals surface area contributed by atoms with Gasteiger partial charge in [0.2, 0.25) is 11.8 Å². The van der Waals surface area contributed by atoms with Gasteiger partial charge in [-0.25, -0.2) is 8.42 Å². The second-order valence-corrected chi connectivity index (χ2v) is 8.83. The van der Waals surface area contributed by atoms with E-state index in [2.05, 4.69) is 0 Å². The van der Waals surface area contributed by atoms with Gasteiger partial charge in [-0.15, -0.1) is 0 Å². The second kappa shape index (κ2) is 5.91. The SMILES string of the molecule is Cc1ccc(CN2C(=O)[C@@H]3CCCC[C@H]3C2=O)cc1S(=O)(=O)Cl. The van der Waals surface area contributed by atoms with Crippen molar-refractivity contribution in [3.05, 3.63) is 29.3 Å². The van der Waals surface area contributed by atoms with Crippen molar-refractivity contribution in [2.75, 3.05) is 0 Å². The van der Waals surface area contributed by atoms with E-state index in [0.29, 0.717) is 11.1 Å². The van der Waals surface area contributed by atoms with Crippen molar-refractivity contribution in [1.29, 1.82) is 0 Å². The fourth-order valence-electron chi connectivity index (χ4n) is 3.57. The summed E-state index contributed by atoms with van der Waals surface area (Å²) in [4.78, 5) is 26.2. The van der Waals surface area contributed by atoms with Crippen molar-refractivity contribution in [2.45, 2.75) is 44.0 Å². The lowest BCUT2D eigenvalue weighted by molar-refractivity contribution is -0.140. The molecule has 0 radical (unpaired) electrons. The number of halogens is 1. The highest BCUT2D eigenvalue weighted by Crippen LogP contribution is 2.38. The summed E-state index contributed by atoms with van der Waals surface area (Å²) in [6, 6.07) is 4.81. The fourth-order valence-corrected chi connectivity index (χ4v) is 4.82. The van der Waals surface area contributed by atoms with Crippen LogP contribution in [0.15, 0.2) is 23.1 Å². The summed E-state index contributed by atoms with van der Waals surface area (Å²) < 4.78 is 23.2. The highest BCUT2D eigenvalue weighted by molar-refractivity contribution is 8.13. The Morgan fingerprint density at radius 2 is 1.70 bits per heavy atom. The Balaban J connectivity index is 1.88. The minimum Gasteiger partial charge on any atom is -0.278 e. The van der Waals surface area contributed by atoms with Crippen LogP contribution in [0, 0.1) is 18.8 Å². The summed E-state index contributed by atoms with van der Waals surface area (Å²) in [7, 11) is 1.58. The van der Waals surface area contributed by atoms with Crippen LogP contribution < -0.4 is 0 Å². The molecule has 23 heavy (non-hydrogen) atoms. The fraction of sp³-hybridized carbons (Fsp3) is 0.500. The quantitative estimate of drug-likeness (QED) is 0.617. The largest absolute Gasteiger partial charge is 0.278 e. The zero-order chi connectivity index (χ0) is 16.8. The van der Waals surface area contributed by atoms with E-state index >= 15 is 0 Å². The number of rotatable bonds is 3. The number of benzene rings is 1. The third-order valence-electron chi connectivity index (χ3n) is 4.79. The molecule has 1 aliphatic heterocycles. The Kier molecular flexibility index (Phi) is 4.23. The van der Waals surface area contributed by atoms with Gasteiger partial charge < -0.3 is 0 Å². The second-order valence-electron chi connectivity index (χ2n) is 6.30. The number of carbonyl (C=O) groups excluding carboxylic acids is 2. The molecule has 3 rings (SSSR count). The van der Waals surface area contributed by atoms with Crippen molar-refractivity contribution in [2.24, 2.45) is 11.8 Å². The maximum atomic E-state index is 12.5. The molecule has 2 aliphatic rings. The van der Waals surface area contributed by atoms with Gasteiger partial charge in [-0.2, -0.15) is 0 Å². The van der Waals surface area contributed by atoms with E-state index in [4.69, 9.17) is 10.7 Å². The summed E-state index contributed by atoms with van der Waals surface area (Å²) in [6.45, 7) is 1.75. The Morgan fingerprint density at radius 1 is 1.13 bits per heavy atom.